The topological polar surface area (TPSA) is 36.5 Å². The Hall–Kier alpha value is -0.620. The minimum Gasteiger partial charge on any atom is -0.496 e. The SMILES string of the molecule is CNC(c1cc(Br)ccc1OC)C1CNCCN1C. The third-order valence-corrected chi connectivity index (χ3v) is 4.28. The first-order valence-corrected chi connectivity index (χ1v) is 7.38. The van der Waals surface area contributed by atoms with Crippen LogP contribution in [0.3, 0.4) is 0 Å². The standard InChI is InChI=1S/C14H22BrN3O/c1-16-14(12-9-17-6-7-18(12)2)11-8-10(15)4-5-13(11)19-3/h4-5,8,12,14,16-17H,6-7,9H2,1-3H3. The lowest BCUT2D eigenvalue weighted by atomic mass is 9.96. The molecule has 0 radical (unpaired) electrons. The lowest BCUT2D eigenvalue weighted by Gasteiger charge is -2.39. The van der Waals surface area contributed by atoms with Crippen molar-refractivity contribution in [1.29, 1.82) is 0 Å². The van der Waals surface area contributed by atoms with Crippen molar-refractivity contribution in [3.63, 3.8) is 0 Å². The van der Waals surface area contributed by atoms with Crippen molar-refractivity contribution in [3.8, 4) is 5.75 Å². The smallest absolute Gasteiger partial charge is 0.123 e. The highest BCUT2D eigenvalue weighted by molar-refractivity contribution is 9.10. The van der Waals surface area contributed by atoms with Gasteiger partial charge < -0.3 is 15.4 Å². The van der Waals surface area contributed by atoms with E-state index in [1.54, 1.807) is 7.11 Å². The maximum atomic E-state index is 5.51. The number of methoxy groups -OCH3 is 1. The molecule has 0 aromatic heterocycles. The molecule has 0 bridgehead atoms. The molecule has 2 rings (SSSR count). The van der Waals surface area contributed by atoms with Gasteiger partial charge in [0.2, 0.25) is 0 Å². The van der Waals surface area contributed by atoms with Gasteiger partial charge in [0.1, 0.15) is 5.75 Å². The fourth-order valence-electron chi connectivity index (χ4n) is 2.70. The lowest BCUT2D eigenvalue weighted by Crippen LogP contribution is -2.54. The van der Waals surface area contributed by atoms with Crippen molar-refractivity contribution < 1.29 is 4.74 Å². The molecule has 0 aliphatic carbocycles. The van der Waals surface area contributed by atoms with Crippen LogP contribution in [0.4, 0.5) is 0 Å². The summed E-state index contributed by atoms with van der Waals surface area (Å²) in [5.74, 6) is 0.932. The van der Waals surface area contributed by atoms with E-state index in [1.165, 1.54) is 5.56 Å². The van der Waals surface area contributed by atoms with Gasteiger partial charge in [-0.1, -0.05) is 15.9 Å². The van der Waals surface area contributed by atoms with Gasteiger partial charge in [-0.05, 0) is 32.3 Å². The van der Waals surface area contributed by atoms with E-state index in [0.29, 0.717) is 6.04 Å². The van der Waals surface area contributed by atoms with Crippen molar-refractivity contribution in [2.45, 2.75) is 12.1 Å². The minimum atomic E-state index is 0.241. The number of rotatable bonds is 4. The Balaban J connectivity index is 2.32. The van der Waals surface area contributed by atoms with Gasteiger partial charge in [-0.25, -0.2) is 0 Å². The van der Waals surface area contributed by atoms with Gasteiger partial charge in [0.05, 0.1) is 13.2 Å². The van der Waals surface area contributed by atoms with E-state index in [-0.39, 0.29) is 6.04 Å². The van der Waals surface area contributed by atoms with Crippen LogP contribution in [0, 0.1) is 0 Å². The first-order valence-electron chi connectivity index (χ1n) is 6.59. The van der Waals surface area contributed by atoms with Gasteiger partial charge >= 0.3 is 0 Å². The zero-order chi connectivity index (χ0) is 13.8. The Morgan fingerprint density at radius 1 is 1.53 bits per heavy atom. The van der Waals surface area contributed by atoms with Crippen LogP contribution in [0.1, 0.15) is 11.6 Å². The second kappa shape index (κ2) is 6.70. The number of hydrogen-bond donors (Lipinski definition) is 2. The molecule has 0 spiro atoms. The molecule has 19 heavy (non-hydrogen) atoms. The molecular weight excluding hydrogens is 306 g/mol. The van der Waals surface area contributed by atoms with Gasteiger partial charge in [0, 0.05) is 35.7 Å². The molecule has 5 heteroatoms. The minimum absolute atomic E-state index is 0.241. The molecule has 4 nitrogen and oxygen atoms in total. The maximum absolute atomic E-state index is 5.51. The zero-order valence-corrected chi connectivity index (χ0v) is 13.3. The fourth-order valence-corrected chi connectivity index (χ4v) is 3.08. The summed E-state index contributed by atoms with van der Waals surface area (Å²) >= 11 is 3.55. The van der Waals surface area contributed by atoms with Crippen molar-refractivity contribution in [1.82, 2.24) is 15.5 Å². The number of hydrogen-bond acceptors (Lipinski definition) is 4. The third-order valence-electron chi connectivity index (χ3n) is 3.78. The van der Waals surface area contributed by atoms with Crippen LogP contribution in [0.5, 0.6) is 5.75 Å². The zero-order valence-electron chi connectivity index (χ0n) is 11.7. The van der Waals surface area contributed by atoms with Crippen molar-refractivity contribution in [3.05, 3.63) is 28.2 Å². The molecule has 1 saturated heterocycles. The largest absolute Gasteiger partial charge is 0.496 e. The Morgan fingerprint density at radius 3 is 2.95 bits per heavy atom. The fraction of sp³-hybridized carbons (Fsp3) is 0.571. The molecule has 1 heterocycles. The molecule has 0 saturated carbocycles. The molecule has 1 fully saturated rings. The van der Waals surface area contributed by atoms with Crippen LogP contribution in [0.2, 0.25) is 0 Å². The van der Waals surface area contributed by atoms with Crippen LogP contribution in [-0.2, 0) is 0 Å². The molecule has 1 aliphatic rings. The van der Waals surface area contributed by atoms with Crippen LogP contribution in [0.25, 0.3) is 0 Å². The number of benzene rings is 1. The van der Waals surface area contributed by atoms with E-state index in [0.717, 1.165) is 29.9 Å². The van der Waals surface area contributed by atoms with E-state index in [4.69, 9.17) is 4.74 Å². The molecule has 1 aromatic carbocycles. The van der Waals surface area contributed by atoms with E-state index < -0.39 is 0 Å². The monoisotopic (exact) mass is 327 g/mol. The summed E-state index contributed by atoms with van der Waals surface area (Å²) in [6.45, 7) is 3.11. The van der Waals surface area contributed by atoms with Crippen LogP contribution >= 0.6 is 15.9 Å². The Kier molecular flexibility index (Phi) is 5.21. The van der Waals surface area contributed by atoms with Gasteiger partial charge in [0.15, 0.2) is 0 Å². The normalized spacial score (nSPS) is 22.2. The molecule has 0 amide bonds. The summed E-state index contributed by atoms with van der Waals surface area (Å²) in [5, 5.41) is 6.91. The molecule has 2 N–H and O–H groups in total. The van der Waals surface area contributed by atoms with E-state index >= 15 is 0 Å². The summed E-state index contributed by atoms with van der Waals surface area (Å²) < 4.78 is 6.59. The quantitative estimate of drug-likeness (QED) is 0.881. The van der Waals surface area contributed by atoms with Gasteiger partial charge in [-0.2, -0.15) is 0 Å². The predicted octanol–water partition coefficient (Wildman–Crippen LogP) is 1.62. The second-order valence-corrected chi connectivity index (χ2v) is 5.82. The molecule has 2 atom stereocenters. The van der Waals surface area contributed by atoms with Crippen LogP contribution in [-0.4, -0.2) is 51.8 Å². The highest BCUT2D eigenvalue weighted by atomic mass is 79.9. The first kappa shape index (κ1) is 14.8. The lowest BCUT2D eigenvalue weighted by molar-refractivity contribution is 0.160. The molecule has 106 valence electrons. The average Bonchev–Trinajstić information content (AvgIpc) is 2.42. The van der Waals surface area contributed by atoms with E-state index in [9.17, 15) is 0 Å². The Morgan fingerprint density at radius 2 is 2.32 bits per heavy atom. The van der Waals surface area contributed by atoms with E-state index in [1.807, 2.05) is 19.2 Å². The summed E-state index contributed by atoms with van der Waals surface area (Å²) in [4.78, 5) is 2.40. The van der Waals surface area contributed by atoms with Crippen LogP contribution < -0.4 is 15.4 Å². The number of piperazine rings is 1. The summed E-state index contributed by atoms with van der Waals surface area (Å²) in [7, 11) is 5.91. The highest BCUT2D eigenvalue weighted by Crippen LogP contribution is 2.31. The number of nitrogens with zero attached hydrogens (tertiary/aromatic N) is 1. The number of nitrogens with one attached hydrogen (secondary N) is 2. The first-order chi connectivity index (χ1) is 9.17. The van der Waals surface area contributed by atoms with Gasteiger partial charge in [-0.15, -0.1) is 0 Å². The van der Waals surface area contributed by atoms with Crippen molar-refractivity contribution >= 4 is 15.9 Å². The molecule has 1 aromatic rings. The Bertz CT molecular complexity index is 427. The molecular formula is C14H22BrN3O. The number of likely N-dealkylation sites (N-methyl/N-ethyl adjacent to an activating group) is 2. The Labute approximate surface area is 123 Å². The van der Waals surface area contributed by atoms with Gasteiger partial charge in [-0.3, -0.25) is 4.90 Å². The van der Waals surface area contributed by atoms with Crippen molar-refractivity contribution in [2.24, 2.45) is 0 Å². The number of halogens is 1. The third kappa shape index (κ3) is 3.28. The maximum Gasteiger partial charge on any atom is 0.123 e. The average molecular weight is 328 g/mol. The van der Waals surface area contributed by atoms with E-state index in [2.05, 4.69) is 44.6 Å². The predicted molar refractivity (Wildman–Crippen MR) is 81.8 cm³/mol. The number of ether oxygens (including phenoxy) is 1. The summed E-state index contributed by atoms with van der Waals surface area (Å²) in [6.07, 6.45) is 0. The van der Waals surface area contributed by atoms with Crippen LogP contribution in [0.15, 0.2) is 22.7 Å². The van der Waals surface area contributed by atoms with Gasteiger partial charge in [0.25, 0.3) is 0 Å². The van der Waals surface area contributed by atoms with Crippen molar-refractivity contribution in [2.75, 3.05) is 40.8 Å². The summed E-state index contributed by atoms with van der Waals surface area (Å²) in [6, 6.07) is 6.83. The second-order valence-electron chi connectivity index (χ2n) is 4.90. The molecule has 2 unspecified atom stereocenters. The highest BCUT2D eigenvalue weighted by Gasteiger charge is 2.29. The summed E-state index contributed by atoms with van der Waals surface area (Å²) in [5.41, 5.74) is 1.19. The molecule has 1 aliphatic heterocycles.